The van der Waals surface area contributed by atoms with Gasteiger partial charge in [0, 0.05) is 17.6 Å². The molecule has 2 heterocycles. The summed E-state index contributed by atoms with van der Waals surface area (Å²) in [6, 6.07) is 12.9. The summed E-state index contributed by atoms with van der Waals surface area (Å²) in [5.74, 6) is 1.55. The summed E-state index contributed by atoms with van der Waals surface area (Å²) in [6.45, 7) is 2.74. The highest BCUT2D eigenvalue weighted by atomic mass is 35.5. The minimum Gasteiger partial charge on any atom is -0.467 e. The quantitative estimate of drug-likeness (QED) is 0.664. The average Bonchev–Trinajstić information content (AvgIpc) is 3.13. The van der Waals surface area contributed by atoms with Gasteiger partial charge in [0.2, 0.25) is 0 Å². The van der Waals surface area contributed by atoms with Gasteiger partial charge in [-0.15, -0.1) is 0 Å². The van der Waals surface area contributed by atoms with Crippen LogP contribution >= 0.6 is 11.6 Å². The number of hydrogen-bond donors (Lipinski definition) is 2. The number of benzene rings is 1. The molecular formula is C19H19ClN4O2. The Morgan fingerprint density at radius 1 is 1.19 bits per heavy atom. The Hall–Kier alpha value is -2.86. The maximum Gasteiger partial charge on any atom is 0.270 e. The van der Waals surface area contributed by atoms with Crippen LogP contribution in [0, 0.1) is 6.92 Å². The molecule has 7 heteroatoms. The van der Waals surface area contributed by atoms with E-state index in [0.717, 1.165) is 17.0 Å². The van der Waals surface area contributed by atoms with E-state index in [9.17, 15) is 4.79 Å². The van der Waals surface area contributed by atoms with Gasteiger partial charge in [-0.25, -0.2) is 9.97 Å². The summed E-state index contributed by atoms with van der Waals surface area (Å²) in [6.07, 6.45) is 2.36. The van der Waals surface area contributed by atoms with Gasteiger partial charge in [0.25, 0.3) is 5.91 Å². The van der Waals surface area contributed by atoms with E-state index in [-0.39, 0.29) is 5.91 Å². The Balaban J connectivity index is 1.58. The molecule has 2 aromatic heterocycles. The second-order valence-electron chi connectivity index (χ2n) is 5.75. The van der Waals surface area contributed by atoms with Crippen LogP contribution in [0.2, 0.25) is 5.02 Å². The van der Waals surface area contributed by atoms with E-state index in [1.165, 1.54) is 0 Å². The van der Waals surface area contributed by atoms with Crippen molar-refractivity contribution < 1.29 is 9.21 Å². The molecule has 3 rings (SSSR count). The molecule has 0 aliphatic rings. The summed E-state index contributed by atoms with van der Waals surface area (Å²) in [5, 5.41) is 6.72. The van der Waals surface area contributed by atoms with E-state index >= 15 is 0 Å². The van der Waals surface area contributed by atoms with Gasteiger partial charge in [-0.1, -0.05) is 23.7 Å². The molecule has 26 heavy (non-hydrogen) atoms. The fourth-order valence-electron chi connectivity index (χ4n) is 2.47. The second kappa shape index (κ2) is 8.49. The predicted octanol–water partition coefficient (Wildman–Crippen LogP) is 3.62. The number of amides is 1. The SMILES string of the molecule is Cc1nc(NCCc2cccc(Cl)c2)cc(C(=O)NCc2ccco2)n1. The van der Waals surface area contributed by atoms with Crippen LogP contribution in [0.3, 0.4) is 0 Å². The monoisotopic (exact) mass is 370 g/mol. The summed E-state index contributed by atoms with van der Waals surface area (Å²) in [5.41, 5.74) is 1.45. The summed E-state index contributed by atoms with van der Waals surface area (Å²) in [7, 11) is 0. The molecule has 1 amide bonds. The molecule has 0 saturated heterocycles. The van der Waals surface area contributed by atoms with Gasteiger partial charge in [0.1, 0.15) is 23.1 Å². The number of halogens is 1. The largest absolute Gasteiger partial charge is 0.467 e. The van der Waals surface area contributed by atoms with Gasteiger partial charge >= 0.3 is 0 Å². The Morgan fingerprint density at radius 2 is 2.08 bits per heavy atom. The third-order valence-corrected chi connectivity index (χ3v) is 3.92. The number of carbonyl (C=O) groups excluding carboxylic acids is 1. The Kier molecular flexibility index (Phi) is 5.86. The molecule has 0 unspecified atom stereocenters. The molecule has 134 valence electrons. The zero-order chi connectivity index (χ0) is 18.4. The third-order valence-electron chi connectivity index (χ3n) is 3.68. The molecule has 3 aromatic rings. The first-order chi connectivity index (χ1) is 12.6. The Labute approximate surface area is 156 Å². The molecule has 0 bridgehead atoms. The molecule has 0 radical (unpaired) electrons. The number of carbonyl (C=O) groups is 1. The molecular weight excluding hydrogens is 352 g/mol. The minimum absolute atomic E-state index is 0.273. The van der Waals surface area contributed by atoms with Crippen molar-refractivity contribution in [3.8, 4) is 0 Å². The Morgan fingerprint density at radius 3 is 2.85 bits per heavy atom. The highest BCUT2D eigenvalue weighted by Gasteiger charge is 2.11. The summed E-state index contributed by atoms with van der Waals surface area (Å²) in [4.78, 5) is 20.8. The highest BCUT2D eigenvalue weighted by Crippen LogP contribution is 2.12. The lowest BCUT2D eigenvalue weighted by Crippen LogP contribution is -2.24. The van der Waals surface area contributed by atoms with Crippen molar-refractivity contribution in [2.45, 2.75) is 19.9 Å². The van der Waals surface area contributed by atoms with Gasteiger partial charge in [0.05, 0.1) is 12.8 Å². The fraction of sp³-hybridized carbons (Fsp3) is 0.211. The van der Waals surface area contributed by atoms with Crippen molar-refractivity contribution in [3.05, 3.63) is 76.6 Å². The maximum atomic E-state index is 12.3. The molecule has 2 N–H and O–H groups in total. The zero-order valence-electron chi connectivity index (χ0n) is 14.3. The smallest absolute Gasteiger partial charge is 0.270 e. The topological polar surface area (TPSA) is 80.0 Å². The number of aryl methyl sites for hydroxylation is 1. The first-order valence-corrected chi connectivity index (χ1v) is 8.62. The van der Waals surface area contributed by atoms with Crippen molar-refractivity contribution >= 4 is 23.3 Å². The summed E-state index contributed by atoms with van der Waals surface area (Å²) < 4.78 is 5.20. The van der Waals surface area contributed by atoms with Crippen molar-refractivity contribution in [2.24, 2.45) is 0 Å². The molecule has 0 saturated carbocycles. The van der Waals surface area contributed by atoms with E-state index in [0.29, 0.717) is 36.2 Å². The number of nitrogens with zero attached hydrogens (tertiary/aromatic N) is 2. The van der Waals surface area contributed by atoms with Gasteiger partial charge in [-0.05, 0) is 43.2 Å². The number of anilines is 1. The van der Waals surface area contributed by atoms with Crippen LogP contribution in [0.25, 0.3) is 0 Å². The van der Waals surface area contributed by atoms with Crippen molar-refractivity contribution in [1.29, 1.82) is 0 Å². The normalized spacial score (nSPS) is 10.5. The van der Waals surface area contributed by atoms with Crippen LogP contribution in [0.4, 0.5) is 5.82 Å². The highest BCUT2D eigenvalue weighted by molar-refractivity contribution is 6.30. The second-order valence-corrected chi connectivity index (χ2v) is 6.19. The van der Waals surface area contributed by atoms with Crippen molar-refractivity contribution in [3.63, 3.8) is 0 Å². The zero-order valence-corrected chi connectivity index (χ0v) is 15.1. The third kappa shape index (κ3) is 5.07. The lowest BCUT2D eigenvalue weighted by molar-refractivity contribution is 0.0942. The molecule has 0 atom stereocenters. The van der Waals surface area contributed by atoms with Crippen LogP contribution in [-0.4, -0.2) is 22.4 Å². The van der Waals surface area contributed by atoms with Gasteiger partial charge in [-0.3, -0.25) is 4.79 Å². The van der Waals surface area contributed by atoms with Crippen LogP contribution in [-0.2, 0) is 13.0 Å². The number of rotatable bonds is 7. The molecule has 6 nitrogen and oxygen atoms in total. The number of furan rings is 1. The van der Waals surface area contributed by atoms with Gasteiger partial charge in [-0.2, -0.15) is 0 Å². The van der Waals surface area contributed by atoms with Gasteiger partial charge < -0.3 is 15.1 Å². The van der Waals surface area contributed by atoms with Crippen LogP contribution in [0.1, 0.15) is 27.6 Å². The van der Waals surface area contributed by atoms with E-state index in [1.54, 1.807) is 31.4 Å². The molecule has 0 fully saturated rings. The maximum absolute atomic E-state index is 12.3. The summed E-state index contributed by atoms with van der Waals surface area (Å²) >= 11 is 5.99. The van der Waals surface area contributed by atoms with Crippen LogP contribution in [0.15, 0.2) is 53.1 Å². The van der Waals surface area contributed by atoms with Gasteiger partial charge in [0.15, 0.2) is 0 Å². The Bertz CT molecular complexity index is 881. The minimum atomic E-state index is -0.273. The van der Waals surface area contributed by atoms with E-state index < -0.39 is 0 Å². The van der Waals surface area contributed by atoms with Crippen LogP contribution in [0.5, 0.6) is 0 Å². The lowest BCUT2D eigenvalue weighted by Gasteiger charge is -2.09. The first kappa shape index (κ1) is 17.9. The molecule has 0 aliphatic carbocycles. The predicted molar refractivity (Wildman–Crippen MR) is 100 cm³/mol. The number of nitrogens with one attached hydrogen (secondary N) is 2. The van der Waals surface area contributed by atoms with Crippen molar-refractivity contribution in [1.82, 2.24) is 15.3 Å². The first-order valence-electron chi connectivity index (χ1n) is 8.25. The molecule has 0 aliphatic heterocycles. The number of hydrogen-bond acceptors (Lipinski definition) is 5. The lowest BCUT2D eigenvalue weighted by atomic mass is 10.1. The average molecular weight is 371 g/mol. The van der Waals surface area contributed by atoms with Crippen LogP contribution < -0.4 is 10.6 Å². The van der Waals surface area contributed by atoms with Crippen molar-refractivity contribution in [2.75, 3.05) is 11.9 Å². The molecule has 0 spiro atoms. The standard InChI is InChI=1S/C19H19ClN4O2/c1-13-23-17(19(25)22-12-16-6-3-9-26-16)11-18(24-13)21-8-7-14-4-2-5-15(20)10-14/h2-6,9-11H,7-8,12H2,1H3,(H,22,25)(H,21,23,24). The molecule has 1 aromatic carbocycles. The van der Waals surface area contributed by atoms with E-state index in [4.69, 9.17) is 16.0 Å². The van der Waals surface area contributed by atoms with E-state index in [1.807, 2.05) is 24.3 Å². The van der Waals surface area contributed by atoms with E-state index in [2.05, 4.69) is 20.6 Å². The number of aromatic nitrogens is 2. The fourth-order valence-corrected chi connectivity index (χ4v) is 2.69.